The van der Waals surface area contributed by atoms with E-state index in [9.17, 15) is 9.90 Å². The van der Waals surface area contributed by atoms with Crippen molar-refractivity contribution in [3.05, 3.63) is 41.1 Å². The molecule has 2 aromatic rings. The van der Waals surface area contributed by atoms with Gasteiger partial charge < -0.3 is 19.7 Å². The number of carbonyl (C=O) groups is 1. The van der Waals surface area contributed by atoms with E-state index in [0.717, 1.165) is 52.4 Å². The number of rotatable bonds is 8. The standard InChI is InChI=1S/C31H47N3O3S/c1-21-25(29(35)32-24-14-16-37-17-15-24)19-27(34(21)20-22-10-8-7-9-11-22)23-12-13-28(38-33-30(2,3)4)26(18-23)31(5,6)36/h12-13,18-19,22,24,33,36H,7-11,14-17,20H2,1-6H3,(H,32,35). The smallest absolute Gasteiger partial charge is 0.253 e. The molecule has 210 valence electrons. The van der Waals surface area contributed by atoms with Gasteiger partial charge in [0.15, 0.2) is 0 Å². The van der Waals surface area contributed by atoms with E-state index < -0.39 is 5.60 Å². The highest BCUT2D eigenvalue weighted by Crippen LogP contribution is 2.37. The lowest BCUT2D eigenvalue weighted by Crippen LogP contribution is -2.39. The van der Waals surface area contributed by atoms with Crippen LogP contribution in [0.15, 0.2) is 29.2 Å². The maximum Gasteiger partial charge on any atom is 0.253 e. The molecule has 4 rings (SSSR count). The van der Waals surface area contributed by atoms with E-state index in [2.05, 4.69) is 66.6 Å². The lowest BCUT2D eigenvalue weighted by molar-refractivity contribution is 0.0695. The highest BCUT2D eigenvalue weighted by Gasteiger charge is 2.27. The number of aliphatic hydroxyl groups is 1. The zero-order valence-corrected chi connectivity index (χ0v) is 25.0. The number of aromatic nitrogens is 1. The van der Waals surface area contributed by atoms with Crippen molar-refractivity contribution in [3.8, 4) is 11.3 Å². The van der Waals surface area contributed by atoms with E-state index in [1.165, 1.54) is 32.1 Å². The molecule has 1 saturated heterocycles. The minimum atomic E-state index is -1.00. The topological polar surface area (TPSA) is 75.5 Å². The number of benzene rings is 1. The van der Waals surface area contributed by atoms with Gasteiger partial charge in [0.05, 0.1) is 11.2 Å². The molecule has 7 heteroatoms. The van der Waals surface area contributed by atoms with Crippen LogP contribution in [0, 0.1) is 12.8 Å². The minimum Gasteiger partial charge on any atom is -0.386 e. The van der Waals surface area contributed by atoms with Crippen molar-refractivity contribution in [1.82, 2.24) is 14.6 Å². The fourth-order valence-electron chi connectivity index (χ4n) is 5.55. The Hall–Kier alpha value is -1.80. The normalized spacial score (nSPS) is 18.1. The second-order valence-electron chi connectivity index (χ2n) is 12.7. The molecule has 1 saturated carbocycles. The van der Waals surface area contributed by atoms with Crippen molar-refractivity contribution in [2.45, 2.75) is 115 Å². The molecule has 1 amide bonds. The van der Waals surface area contributed by atoms with Gasteiger partial charge in [-0.25, -0.2) is 0 Å². The molecule has 6 nitrogen and oxygen atoms in total. The first-order valence-electron chi connectivity index (χ1n) is 14.3. The van der Waals surface area contributed by atoms with Gasteiger partial charge in [0.25, 0.3) is 5.91 Å². The summed E-state index contributed by atoms with van der Waals surface area (Å²) in [5.41, 5.74) is 3.68. The van der Waals surface area contributed by atoms with Crippen molar-refractivity contribution in [2.24, 2.45) is 5.92 Å². The second-order valence-corrected chi connectivity index (χ2v) is 13.6. The van der Waals surface area contributed by atoms with E-state index in [-0.39, 0.29) is 17.5 Å². The van der Waals surface area contributed by atoms with Crippen LogP contribution in [-0.4, -0.2) is 40.4 Å². The van der Waals surface area contributed by atoms with Crippen LogP contribution in [0.25, 0.3) is 11.3 Å². The zero-order valence-electron chi connectivity index (χ0n) is 24.2. The molecule has 0 unspecified atom stereocenters. The summed E-state index contributed by atoms with van der Waals surface area (Å²) in [5, 5.41) is 14.4. The summed E-state index contributed by atoms with van der Waals surface area (Å²) in [5.74, 6) is 0.627. The summed E-state index contributed by atoms with van der Waals surface area (Å²) in [7, 11) is 0. The van der Waals surface area contributed by atoms with Gasteiger partial charge in [0, 0.05) is 47.6 Å². The van der Waals surface area contributed by atoms with Gasteiger partial charge in [0.1, 0.15) is 0 Å². The maximum absolute atomic E-state index is 13.5. The summed E-state index contributed by atoms with van der Waals surface area (Å²) in [6, 6.07) is 8.57. The molecule has 1 aromatic carbocycles. The number of hydrogen-bond donors (Lipinski definition) is 3. The molecule has 38 heavy (non-hydrogen) atoms. The van der Waals surface area contributed by atoms with Crippen LogP contribution in [0.1, 0.15) is 101 Å². The molecule has 2 fully saturated rings. The van der Waals surface area contributed by atoms with Gasteiger partial charge in [-0.3, -0.25) is 9.52 Å². The molecule has 0 atom stereocenters. The molecule has 1 aliphatic heterocycles. The minimum absolute atomic E-state index is 0.00214. The van der Waals surface area contributed by atoms with Crippen LogP contribution in [0.4, 0.5) is 0 Å². The van der Waals surface area contributed by atoms with Gasteiger partial charge in [-0.05, 0) is 114 Å². The Morgan fingerprint density at radius 1 is 1.05 bits per heavy atom. The Labute approximate surface area is 233 Å². The van der Waals surface area contributed by atoms with Crippen LogP contribution < -0.4 is 10.0 Å². The third kappa shape index (κ3) is 7.44. The van der Waals surface area contributed by atoms with Crippen molar-refractivity contribution >= 4 is 17.9 Å². The Morgan fingerprint density at radius 3 is 2.37 bits per heavy atom. The molecule has 0 radical (unpaired) electrons. The van der Waals surface area contributed by atoms with Crippen LogP contribution in [-0.2, 0) is 16.9 Å². The summed E-state index contributed by atoms with van der Waals surface area (Å²) >= 11 is 1.56. The average Bonchev–Trinajstić information content (AvgIpc) is 3.19. The fourth-order valence-corrected chi connectivity index (χ4v) is 6.52. The monoisotopic (exact) mass is 541 g/mol. The van der Waals surface area contributed by atoms with Crippen molar-refractivity contribution in [2.75, 3.05) is 13.2 Å². The predicted octanol–water partition coefficient (Wildman–Crippen LogP) is 6.58. The first kappa shape index (κ1) is 29.2. The van der Waals surface area contributed by atoms with Gasteiger partial charge in [-0.2, -0.15) is 0 Å². The van der Waals surface area contributed by atoms with Crippen LogP contribution in [0.3, 0.4) is 0 Å². The first-order valence-corrected chi connectivity index (χ1v) is 15.1. The molecule has 0 spiro atoms. The number of nitrogens with zero attached hydrogens (tertiary/aromatic N) is 1. The van der Waals surface area contributed by atoms with Crippen LogP contribution >= 0.6 is 11.9 Å². The molecule has 2 heterocycles. The second kappa shape index (κ2) is 12.2. The lowest BCUT2D eigenvalue weighted by atomic mass is 9.89. The number of ether oxygens (including phenoxy) is 1. The first-order chi connectivity index (χ1) is 17.9. The third-order valence-corrected chi connectivity index (χ3v) is 9.03. The molecular formula is C31H47N3O3S. The molecule has 1 aliphatic carbocycles. The third-order valence-electron chi connectivity index (χ3n) is 7.73. The molecular weight excluding hydrogens is 494 g/mol. The average molecular weight is 542 g/mol. The molecule has 0 bridgehead atoms. The highest BCUT2D eigenvalue weighted by atomic mass is 32.2. The highest BCUT2D eigenvalue weighted by molar-refractivity contribution is 7.97. The van der Waals surface area contributed by atoms with Gasteiger partial charge in [-0.15, -0.1) is 0 Å². The molecule has 1 aromatic heterocycles. The largest absolute Gasteiger partial charge is 0.386 e. The van der Waals surface area contributed by atoms with E-state index in [1.54, 1.807) is 11.9 Å². The molecule has 2 aliphatic rings. The number of hydrogen-bond acceptors (Lipinski definition) is 5. The SMILES string of the molecule is Cc1c(C(=O)NC2CCOCC2)cc(-c2ccc(SNC(C)(C)C)c(C(C)(C)O)c2)n1CC1CCCCC1. The summed E-state index contributed by atoms with van der Waals surface area (Å²) in [4.78, 5) is 14.5. The summed E-state index contributed by atoms with van der Waals surface area (Å²) in [6.07, 6.45) is 8.09. The number of amides is 1. The molecule has 3 N–H and O–H groups in total. The van der Waals surface area contributed by atoms with Crippen molar-refractivity contribution in [1.29, 1.82) is 0 Å². The maximum atomic E-state index is 13.5. The Kier molecular flexibility index (Phi) is 9.34. The van der Waals surface area contributed by atoms with Gasteiger partial charge >= 0.3 is 0 Å². The van der Waals surface area contributed by atoms with E-state index in [1.807, 2.05) is 13.8 Å². The van der Waals surface area contributed by atoms with Crippen LogP contribution in [0.5, 0.6) is 0 Å². The van der Waals surface area contributed by atoms with E-state index >= 15 is 0 Å². The fraction of sp³-hybridized carbons (Fsp3) is 0.645. The van der Waals surface area contributed by atoms with Gasteiger partial charge in [0.2, 0.25) is 0 Å². The zero-order chi connectivity index (χ0) is 27.5. The quantitative estimate of drug-likeness (QED) is 0.329. The van der Waals surface area contributed by atoms with Crippen molar-refractivity contribution in [3.63, 3.8) is 0 Å². The van der Waals surface area contributed by atoms with Crippen LogP contribution in [0.2, 0.25) is 0 Å². The van der Waals surface area contributed by atoms with E-state index in [0.29, 0.717) is 19.1 Å². The lowest BCUT2D eigenvalue weighted by Gasteiger charge is -2.26. The Morgan fingerprint density at radius 2 is 1.74 bits per heavy atom. The number of carbonyl (C=O) groups excluding carboxylic acids is 1. The van der Waals surface area contributed by atoms with Gasteiger partial charge in [-0.1, -0.05) is 25.3 Å². The summed E-state index contributed by atoms with van der Waals surface area (Å²) in [6.45, 7) is 14.5. The van der Waals surface area contributed by atoms with E-state index in [4.69, 9.17) is 4.74 Å². The number of nitrogens with one attached hydrogen (secondary N) is 2. The van der Waals surface area contributed by atoms with Crippen molar-refractivity contribution < 1.29 is 14.6 Å². The predicted molar refractivity (Wildman–Crippen MR) is 156 cm³/mol. The Bertz CT molecular complexity index is 1100. The Balaban J connectivity index is 1.71. The summed E-state index contributed by atoms with van der Waals surface area (Å²) < 4.78 is 11.3.